The molecule has 0 aliphatic rings. The number of hydrogen-bond donors (Lipinski definition) is 2. The zero-order valence-electron chi connectivity index (χ0n) is 21.2. The number of ether oxygens (including phenoxy) is 1. The molecule has 0 unspecified atom stereocenters. The Morgan fingerprint density at radius 3 is 2.47 bits per heavy atom. The molecule has 0 radical (unpaired) electrons. The van der Waals surface area contributed by atoms with E-state index in [-0.39, 0.29) is 18.2 Å². The smallest absolute Gasteiger partial charge is 0.406 e. The second kappa shape index (κ2) is 14.3. The first-order chi connectivity index (χ1) is 18.1. The molecular formula is C26H31ClF3N5O2S. The number of carbonyl (C=O) groups is 1. The lowest BCUT2D eigenvalue weighted by Crippen LogP contribution is -2.37. The van der Waals surface area contributed by atoms with E-state index < -0.39 is 6.36 Å². The molecule has 0 saturated heterocycles. The van der Waals surface area contributed by atoms with Gasteiger partial charge in [-0.2, -0.15) is 0 Å². The van der Waals surface area contributed by atoms with Gasteiger partial charge in [0.15, 0.2) is 4.80 Å². The molecular weight excluding hydrogens is 539 g/mol. The van der Waals surface area contributed by atoms with Crippen molar-refractivity contribution >= 4 is 28.8 Å². The molecule has 0 atom stereocenters. The standard InChI is InChI=1S/C26H31ClF3N5O2S/c1-34(2)15-13-32-24(36)17-31-12-3-14-35-23(20-6-10-22(11-7-20)37-26(28,29)30)18-38-25(35)33-16-19-4-8-21(27)9-5-19/h4-11,18,31H,3,12-17H2,1-2H3,(H,32,36). The Labute approximate surface area is 228 Å². The van der Waals surface area contributed by atoms with Gasteiger partial charge in [-0.05, 0) is 74.6 Å². The van der Waals surface area contributed by atoms with Crippen LogP contribution < -0.4 is 20.2 Å². The summed E-state index contributed by atoms with van der Waals surface area (Å²) < 4.78 is 43.7. The number of halogens is 4. The van der Waals surface area contributed by atoms with Crippen molar-refractivity contribution in [1.82, 2.24) is 20.1 Å². The fourth-order valence-electron chi connectivity index (χ4n) is 3.52. The van der Waals surface area contributed by atoms with E-state index in [1.54, 1.807) is 12.1 Å². The number of nitrogens with zero attached hydrogens (tertiary/aromatic N) is 3. The van der Waals surface area contributed by atoms with Crippen LogP contribution in [0.1, 0.15) is 12.0 Å². The Morgan fingerprint density at radius 1 is 1.11 bits per heavy atom. The minimum Gasteiger partial charge on any atom is -0.406 e. The van der Waals surface area contributed by atoms with Crippen molar-refractivity contribution < 1.29 is 22.7 Å². The van der Waals surface area contributed by atoms with Crippen LogP contribution in [0.2, 0.25) is 5.02 Å². The van der Waals surface area contributed by atoms with Crippen LogP contribution in [0.3, 0.4) is 0 Å². The molecule has 3 rings (SSSR count). The fourth-order valence-corrected chi connectivity index (χ4v) is 4.59. The van der Waals surface area contributed by atoms with Crippen LogP contribution in [0.15, 0.2) is 58.9 Å². The van der Waals surface area contributed by atoms with Crippen LogP contribution in [0.25, 0.3) is 11.3 Å². The van der Waals surface area contributed by atoms with Gasteiger partial charge >= 0.3 is 6.36 Å². The first-order valence-corrected chi connectivity index (χ1v) is 13.3. The maximum atomic E-state index is 12.5. The summed E-state index contributed by atoms with van der Waals surface area (Å²) in [5.74, 6) is -0.334. The fraction of sp³-hybridized carbons (Fsp3) is 0.385. The van der Waals surface area contributed by atoms with Crippen molar-refractivity contribution in [3.05, 3.63) is 69.3 Å². The third-order valence-corrected chi connectivity index (χ3v) is 6.55. The highest BCUT2D eigenvalue weighted by Crippen LogP contribution is 2.27. The Hall–Kier alpha value is -2.86. The van der Waals surface area contributed by atoms with Gasteiger partial charge in [-0.1, -0.05) is 23.7 Å². The van der Waals surface area contributed by atoms with Crippen LogP contribution in [0, 0.1) is 0 Å². The highest BCUT2D eigenvalue weighted by atomic mass is 35.5. The third kappa shape index (κ3) is 10.1. The number of rotatable bonds is 13. The predicted molar refractivity (Wildman–Crippen MR) is 144 cm³/mol. The lowest BCUT2D eigenvalue weighted by atomic mass is 10.1. The molecule has 0 fully saturated rings. The molecule has 2 N–H and O–H groups in total. The van der Waals surface area contributed by atoms with E-state index in [9.17, 15) is 18.0 Å². The second-order valence-electron chi connectivity index (χ2n) is 8.75. The Kier molecular flexibility index (Phi) is 11.2. The lowest BCUT2D eigenvalue weighted by Gasteiger charge is -2.12. The largest absolute Gasteiger partial charge is 0.573 e. The number of carbonyl (C=O) groups excluding carboxylic acids is 1. The molecule has 1 aromatic heterocycles. The second-order valence-corrected chi connectivity index (χ2v) is 10.0. The number of amides is 1. The topological polar surface area (TPSA) is 70.9 Å². The van der Waals surface area contributed by atoms with Crippen LogP contribution in [-0.2, 0) is 17.9 Å². The number of benzene rings is 2. The van der Waals surface area contributed by atoms with Crippen LogP contribution in [0.5, 0.6) is 5.75 Å². The van der Waals surface area contributed by atoms with Crippen molar-refractivity contribution in [1.29, 1.82) is 0 Å². The molecule has 0 aliphatic carbocycles. The predicted octanol–water partition coefficient (Wildman–Crippen LogP) is 4.53. The van der Waals surface area contributed by atoms with Crippen molar-refractivity contribution in [3.63, 3.8) is 0 Å². The van der Waals surface area contributed by atoms with Gasteiger partial charge in [0.1, 0.15) is 5.75 Å². The van der Waals surface area contributed by atoms with Gasteiger partial charge in [0, 0.05) is 30.0 Å². The summed E-state index contributed by atoms with van der Waals surface area (Å²) in [6.07, 6.45) is -4.02. The molecule has 38 heavy (non-hydrogen) atoms. The normalized spacial score (nSPS) is 12.2. The van der Waals surface area contributed by atoms with Crippen molar-refractivity contribution in [2.24, 2.45) is 4.99 Å². The summed E-state index contributed by atoms with van der Waals surface area (Å²) in [5.41, 5.74) is 2.59. The SMILES string of the molecule is CN(C)CCNC(=O)CNCCCn1c(-c2ccc(OC(F)(F)F)cc2)csc1=NCc1ccc(Cl)cc1. The minimum atomic E-state index is -4.74. The van der Waals surface area contributed by atoms with Gasteiger partial charge in [-0.25, -0.2) is 0 Å². The number of alkyl halides is 3. The molecule has 0 aliphatic heterocycles. The monoisotopic (exact) mass is 569 g/mol. The number of likely N-dealkylation sites (N-methyl/N-ethyl adjacent to an activating group) is 1. The van der Waals surface area contributed by atoms with Gasteiger partial charge in [0.25, 0.3) is 0 Å². The molecule has 1 amide bonds. The Bertz CT molecular complexity index is 1230. The van der Waals surface area contributed by atoms with E-state index in [4.69, 9.17) is 16.6 Å². The zero-order chi connectivity index (χ0) is 27.5. The maximum absolute atomic E-state index is 12.5. The zero-order valence-corrected chi connectivity index (χ0v) is 22.8. The number of hydrogen-bond acceptors (Lipinski definition) is 6. The Balaban J connectivity index is 1.69. The summed E-state index contributed by atoms with van der Waals surface area (Å²) in [6.45, 7) is 3.26. The number of thiazole rings is 1. The van der Waals surface area contributed by atoms with Crippen LogP contribution in [0.4, 0.5) is 13.2 Å². The molecule has 1 heterocycles. The molecule has 206 valence electrons. The minimum absolute atomic E-state index is 0.0597. The van der Waals surface area contributed by atoms with Crippen LogP contribution in [-0.4, -0.2) is 62.0 Å². The molecule has 2 aromatic carbocycles. The van der Waals surface area contributed by atoms with Gasteiger partial charge in [-0.15, -0.1) is 24.5 Å². The number of aromatic nitrogens is 1. The Morgan fingerprint density at radius 2 is 1.82 bits per heavy atom. The first kappa shape index (κ1) is 29.7. The molecule has 0 saturated carbocycles. The van der Waals surface area contributed by atoms with E-state index in [0.717, 1.165) is 34.6 Å². The average Bonchev–Trinajstić information content (AvgIpc) is 3.25. The highest BCUT2D eigenvalue weighted by Gasteiger charge is 2.31. The molecule has 7 nitrogen and oxygen atoms in total. The summed E-state index contributed by atoms with van der Waals surface area (Å²) in [6, 6.07) is 13.2. The third-order valence-electron chi connectivity index (χ3n) is 5.39. The summed E-state index contributed by atoms with van der Waals surface area (Å²) in [5, 5.41) is 8.61. The van der Waals surface area contributed by atoms with E-state index in [0.29, 0.717) is 31.2 Å². The van der Waals surface area contributed by atoms with E-state index in [1.165, 1.54) is 23.5 Å². The first-order valence-electron chi connectivity index (χ1n) is 12.0. The van der Waals surface area contributed by atoms with Crippen molar-refractivity contribution in [3.8, 4) is 17.0 Å². The number of nitrogens with one attached hydrogen (secondary N) is 2. The molecule has 0 spiro atoms. The average molecular weight is 570 g/mol. The molecule has 0 bridgehead atoms. The summed E-state index contributed by atoms with van der Waals surface area (Å²) in [7, 11) is 3.89. The van der Waals surface area contributed by atoms with E-state index in [1.807, 2.05) is 53.2 Å². The van der Waals surface area contributed by atoms with Gasteiger partial charge in [-0.3, -0.25) is 9.79 Å². The van der Waals surface area contributed by atoms with Gasteiger partial charge in [0.05, 0.1) is 18.8 Å². The van der Waals surface area contributed by atoms with E-state index >= 15 is 0 Å². The van der Waals surface area contributed by atoms with Gasteiger partial charge in [0.2, 0.25) is 5.91 Å². The van der Waals surface area contributed by atoms with Crippen LogP contribution >= 0.6 is 22.9 Å². The van der Waals surface area contributed by atoms with Crippen molar-refractivity contribution in [2.75, 3.05) is 40.3 Å². The van der Waals surface area contributed by atoms with Crippen molar-refractivity contribution in [2.45, 2.75) is 25.9 Å². The maximum Gasteiger partial charge on any atom is 0.573 e. The van der Waals surface area contributed by atoms with Gasteiger partial charge < -0.3 is 24.8 Å². The lowest BCUT2D eigenvalue weighted by molar-refractivity contribution is -0.274. The van der Waals surface area contributed by atoms with E-state index in [2.05, 4.69) is 15.4 Å². The molecule has 3 aromatic rings. The quantitative estimate of drug-likeness (QED) is 0.297. The summed E-state index contributed by atoms with van der Waals surface area (Å²) in [4.78, 5) is 19.5. The molecule has 12 heteroatoms. The summed E-state index contributed by atoms with van der Waals surface area (Å²) >= 11 is 7.43. The highest BCUT2D eigenvalue weighted by molar-refractivity contribution is 7.07.